The molecule has 114 valence electrons. The van der Waals surface area contributed by atoms with E-state index in [2.05, 4.69) is 16.5 Å². The number of carbonyl (C=O) groups is 1. The largest absolute Gasteiger partial charge is 0.355 e. The van der Waals surface area contributed by atoms with E-state index >= 15 is 0 Å². The van der Waals surface area contributed by atoms with Crippen molar-refractivity contribution in [3.05, 3.63) is 77.0 Å². The topological polar surface area (TPSA) is 55.1 Å². The smallest absolute Gasteiger partial charge is 0.274 e. The summed E-state index contributed by atoms with van der Waals surface area (Å²) in [7, 11) is 0. The molecule has 0 spiro atoms. The van der Waals surface area contributed by atoms with Gasteiger partial charge >= 0.3 is 0 Å². The summed E-state index contributed by atoms with van der Waals surface area (Å²) >= 11 is 0. The van der Waals surface area contributed by atoms with Crippen molar-refractivity contribution in [2.75, 3.05) is 0 Å². The van der Waals surface area contributed by atoms with Crippen LogP contribution in [0.15, 0.2) is 59.1 Å². The van der Waals surface area contributed by atoms with Crippen molar-refractivity contribution in [1.29, 1.82) is 0 Å². The first-order valence-electron chi connectivity index (χ1n) is 7.72. The molecule has 2 aromatic carbocycles. The van der Waals surface area contributed by atoms with Crippen LogP contribution in [0.2, 0.25) is 0 Å². The molecule has 0 fully saturated rings. The molecule has 4 rings (SSSR count). The zero-order chi connectivity index (χ0) is 15.6. The molecule has 1 amide bonds. The van der Waals surface area contributed by atoms with Gasteiger partial charge < -0.3 is 9.84 Å². The maximum absolute atomic E-state index is 12.4. The number of fused-ring (bicyclic) bond motifs is 3. The van der Waals surface area contributed by atoms with E-state index < -0.39 is 0 Å². The Bertz CT molecular complexity index is 853. The highest BCUT2D eigenvalue weighted by Crippen LogP contribution is 2.34. The molecule has 23 heavy (non-hydrogen) atoms. The molecule has 3 aromatic rings. The summed E-state index contributed by atoms with van der Waals surface area (Å²) in [5.41, 5.74) is 4.67. The summed E-state index contributed by atoms with van der Waals surface area (Å²) in [6.07, 6.45) is 1.69. The van der Waals surface area contributed by atoms with Crippen LogP contribution in [0.5, 0.6) is 0 Å². The van der Waals surface area contributed by atoms with Crippen LogP contribution < -0.4 is 5.32 Å². The third-order valence-corrected chi connectivity index (χ3v) is 4.21. The van der Waals surface area contributed by atoms with E-state index in [1.54, 1.807) is 0 Å². The molecular weight excluding hydrogens is 288 g/mol. The molecule has 1 heterocycles. The van der Waals surface area contributed by atoms with Gasteiger partial charge in [-0.3, -0.25) is 4.79 Å². The Morgan fingerprint density at radius 2 is 1.83 bits per heavy atom. The average molecular weight is 304 g/mol. The van der Waals surface area contributed by atoms with Gasteiger partial charge in [-0.25, -0.2) is 0 Å². The highest BCUT2D eigenvalue weighted by molar-refractivity contribution is 5.95. The van der Waals surface area contributed by atoms with E-state index in [-0.39, 0.29) is 5.91 Å². The number of hydrogen-bond donors (Lipinski definition) is 1. The molecule has 0 unspecified atom stereocenters. The van der Waals surface area contributed by atoms with E-state index in [1.165, 1.54) is 5.56 Å². The molecule has 1 aromatic heterocycles. The minimum Gasteiger partial charge on any atom is -0.355 e. The van der Waals surface area contributed by atoms with Crippen LogP contribution in [0, 0.1) is 0 Å². The van der Waals surface area contributed by atoms with Gasteiger partial charge in [0.2, 0.25) is 0 Å². The molecule has 0 radical (unpaired) electrons. The molecule has 0 aliphatic heterocycles. The zero-order valence-electron chi connectivity index (χ0n) is 12.6. The standard InChI is InChI=1S/C19H16N2O2/c22-19(20-12-13-6-2-1-3-7-13)17-16-11-10-14-8-4-5-9-15(14)18(16)23-21-17/h1-9H,10-12H2,(H,20,22). The second-order valence-corrected chi connectivity index (χ2v) is 5.66. The number of hydrogen-bond acceptors (Lipinski definition) is 3. The van der Waals surface area contributed by atoms with E-state index in [0.717, 1.165) is 35.3 Å². The molecule has 0 saturated heterocycles. The minimum absolute atomic E-state index is 0.182. The quantitative estimate of drug-likeness (QED) is 0.807. The Kier molecular flexibility index (Phi) is 3.42. The molecular formula is C19H16N2O2. The maximum Gasteiger partial charge on any atom is 0.274 e. The first kappa shape index (κ1) is 13.8. The normalized spacial score (nSPS) is 12.3. The first-order chi connectivity index (χ1) is 11.3. The van der Waals surface area contributed by atoms with Crippen molar-refractivity contribution in [2.45, 2.75) is 19.4 Å². The van der Waals surface area contributed by atoms with E-state index in [4.69, 9.17) is 4.52 Å². The molecule has 0 saturated carbocycles. The predicted octanol–water partition coefficient (Wildman–Crippen LogP) is 3.37. The molecule has 1 N–H and O–H groups in total. The van der Waals surface area contributed by atoms with E-state index in [9.17, 15) is 4.79 Å². The van der Waals surface area contributed by atoms with Gasteiger partial charge in [0.1, 0.15) is 0 Å². The lowest BCUT2D eigenvalue weighted by Gasteiger charge is -2.14. The molecule has 0 atom stereocenters. The number of amides is 1. The number of aryl methyl sites for hydroxylation is 1. The number of nitrogens with one attached hydrogen (secondary N) is 1. The van der Waals surface area contributed by atoms with Gasteiger partial charge in [-0.05, 0) is 24.0 Å². The fourth-order valence-corrected chi connectivity index (χ4v) is 3.01. The van der Waals surface area contributed by atoms with Gasteiger partial charge in [-0.15, -0.1) is 0 Å². The van der Waals surface area contributed by atoms with Crippen LogP contribution in [0.1, 0.15) is 27.2 Å². The highest BCUT2D eigenvalue weighted by atomic mass is 16.5. The molecule has 4 nitrogen and oxygen atoms in total. The number of carbonyl (C=O) groups excluding carboxylic acids is 1. The van der Waals surface area contributed by atoms with Gasteiger partial charge in [0, 0.05) is 17.7 Å². The van der Waals surface area contributed by atoms with E-state index in [0.29, 0.717) is 12.2 Å². The Balaban J connectivity index is 1.57. The second-order valence-electron chi connectivity index (χ2n) is 5.66. The summed E-state index contributed by atoms with van der Waals surface area (Å²) in [6, 6.07) is 17.9. The van der Waals surface area contributed by atoms with Crippen molar-refractivity contribution < 1.29 is 9.32 Å². The number of nitrogens with zero attached hydrogens (tertiary/aromatic N) is 1. The Morgan fingerprint density at radius 3 is 2.70 bits per heavy atom. The van der Waals surface area contributed by atoms with Crippen LogP contribution in [0.3, 0.4) is 0 Å². The third kappa shape index (κ3) is 2.52. The van der Waals surface area contributed by atoms with Crippen LogP contribution in [-0.2, 0) is 19.4 Å². The molecule has 0 bridgehead atoms. The Labute approximate surface area is 134 Å². The summed E-state index contributed by atoms with van der Waals surface area (Å²) < 4.78 is 5.48. The van der Waals surface area contributed by atoms with Crippen molar-refractivity contribution >= 4 is 5.91 Å². The van der Waals surface area contributed by atoms with Crippen molar-refractivity contribution in [3.63, 3.8) is 0 Å². The Hall–Kier alpha value is -2.88. The molecule has 4 heteroatoms. The van der Waals surface area contributed by atoms with Crippen molar-refractivity contribution in [3.8, 4) is 11.3 Å². The fraction of sp³-hybridized carbons (Fsp3) is 0.158. The summed E-state index contributed by atoms with van der Waals surface area (Å²) in [6.45, 7) is 0.484. The summed E-state index contributed by atoms with van der Waals surface area (Å²) in [5, 5.41) is 6.94. The lowest BCUT2D eigenvalue weighted by atomic mass is 9.89. The predicted molar refractivity (Wildman–Crippen MR) is 87.0 cm³/mol. The maximum atomic E-state index is 12.4. The van der Waals surface area contributed by atoms with Gasteiger partial charge in [0.25, 0.3) is 5.91 Å². The molecule has 1 aliphatic rings. The summed E-state index contributed by atoms with van der Waals surface area (Å²) in [5.74, 6) is 0.551. The van der Waals surface area contributed by atoms with Crippen molar-refractivity contribution in [1.82, 2.24) is 10.5 Å². The molecule has 1 aliphatic carbocycles. The fourth-order valence-electron chi connectivity index (χ4n) is 3.01. The van der Waals surface area contributed by atoms with Gasteiger partial charge in [0.05, 0.1) is 0 Å². The first-order valence-corrected chi connectivity index (χ1v) is 7.72. The second kappa shape index (κ2) is 5.72. The van der Waals surface area contributed by atoms with Gasteiger partial charge in [-0.2, -0.15) is 0 Å². The zero-order valence-corrected chi connectivity index (χ0v) is 12.6. The van der Waals surface area contributed by atoms with Crippen molar-refractivity contribution in [2.24, 2.45) is 0 Å². The summed E-state index contributed by atoms with van der Waals surface area (Å²) in [4.78, 5) is 12.4. The van der Waals surface area contributed by atoms with Gasteiger partial charge in [0.15, 0.2) is 11.5 Å². The average Bonchev–Trinajstić information content (AvgIpc) is 3.05. The SMILES string of the molecule is O=C(NCc1ccccc1)c1noc2c1CCc1ccccc1-2. The third-order valence-electron chi connectivity index (χ3n) is 4.21. The van der Waals surface area contributed by atoms with Crippen LogP contribution in [0.25, 0.3) is 11.3 Å². The monoisotopic (exact) mass is 304 g/mol. The lowest BCUT2D eigenvalue weighted by Crippen LogP contribution is -2.24. The number of aromatic nitrogens is 1. The minimum atomic E-state index is -0.182. The van der Waals surface area contributed by atoms with E-state index in [1.807, 2.05) is 48.5 Å². The lowest BCUT2D eigenvalue weighted by molar-refractivity contribution is 0.0941. The highest BCUT2D eigenvalue weighted by Gasteiger charge is 2.27. The Morgan fingerprint density at radius 1 is 1.04 bits per heavy atom. The number of benzene rings is 2. The van der Waals surface area contributed by atoms with Crippen LogP contribution in [-0.4, -0.2) is 11.1 Å². The van der Waals surface area contributed by atoms with Crippen LogP contribution in [0.4, 0.5) is 0 Å². The number of rotatable bonds is 3. The van der Waals surface area contributed by atoms with Gasteiger partial charge in [-0.1, -0.05) is 59.8 Å². The van der Waals surface area contributed by atoms with Crippen LogP contribution >= 0.6 is 0 Å².